The van der Waals surface area contributed by atoms with Crippen molar-refractivity contribution >= 4 is 38.3 Å². The van der Waals surface area contributed by atoms with Crippen molar-refractivity contribution in [1.82, 2.24) is 0 Å². The fraction of sp³-hybridized carbons (Fsp3) is 0.192. The lowest BCUT2D eigenvalue weighted by Gasteiger charge is -2.14. The Kier molecular flexibility index (Phi) is 6.97. The van der Waals surface area contributed by atoms with Gasteiger partial charge in [-0.25, -0.2) is 8.42 Å². The normalized spacial score (nSPS) is 11.3. The molecule has 0 aliphatic heterocycles. The third-order valence-corrected chi connectivity index (χ3v) is 6.72. The molecule has 3 aromatic carbocycles. The molecule has 0 spiro atoms. The number of benzene rings is 3. The van der Waals surface area contributed by atoms with Crippen LogP contribution in [0.2, 0.25) is 0 Å². The topological polar surface area (TPSA) is 107 Å². The summed E-state index contributed by atoms with van der Waals surface area (Å²) in [6, 6.07) is 16.8. The molecule has 8 nitrogen and oxygen atoms in total. The number of carbonyl (C=O) groups is 1. The SMILES string of the molecule is CCOc1ccc(NS(=O)(=O)c2cc(NC(=O)Cc3coc4cc(C)ccc34)ccc2OC)cc1. The fourth-order valence-corrected chi connectivity index (χ4v) is 4.92. The lowest BCUT2D eigenvalue weighted by molar-refractivity contribution is -0.115. The van der Waals surface area contributed by atoms with Crippen LogP contribution in [0.5, 0.6) is 11.5 Å². The predicted molar refractivity (Wildman–Crippen MR) is 135 cm³/mol. The van der Waals surface area contributed by atoms with Crippen molar-refractivity contribution in [3.63, 3.8) is 0 Å². The Labute approximate surface area is 203 Å². The zero-order chi connectivity index (χ0) is 25.0. The minimum absolute atomic E-state index is 0.0780. The number of fused-ring (bicyclic) bond motifs is 1. The molecule has 2 N–H and O–H groups in total. The molecule has 4 rings (SSSR count). The van der Waals surface area contributed by atoms with Gasteiger partial charge >= 0.3 is 0 Å². The molecule has 4 aromatic rings. The first-order chi connectivity index (χ1) is 16.8. The number of rotatable bonds is 9. The van der Waals surface area contributed by atoms with E-state index in [9.17, 15) is 13.2 Å². The molecule has 9 heteroatoms. The van der Waals surface area contributed by atoms with Gasteiger partial charge in [-0.05, 0) is 67.9 Å². The first-order valence-corrected chi connectivity index (χ1v) is 12.5. The van der Waals surface area contributed by atoms with Gasteiger partial charge in [0.25, 0.3) is 10.0 Å². The van der Waals surface area contributed by atoms with Crippen LogP contribution < -0.4 is 19.5 Å². The van der Waals surface area contributed by atoms with Crippen molar-refractivity contribution in [2.45, 2.75) is 25.2 Å². The Bertz CT molecular complexity index is 1460. The summed E-state index contributed by atoms with van der Waals surface area (Å²) < 4.78 is 45.0. The first-order valence-electron chi connectivity index (χ1n) is 11.0. The minimum atomic E-state index is -4.00. The molecule has 0 bridgehead atoms. The number of nitrogens with one attached hydrogen (secondary N) is 2. The molecule has 0 aliphatic rings. The maximum absolute atomic E-state index is 13.1. The van der Waals surface area contributed by atoms with Crippen LogP contribution in [0.1, 0.15) is 18.1 Å². The molecule has 35 heavy (non-hydrogen) atoms. The average Bonchev–Trinajstić information content (AvgIpc) is 3.21. The Balaban J connectivity index is 1.52. The Hall–Kier alpha value is -3.98. The maximum atomic E-state index is 13.1. The van der Waals surface area contributed by atoms with Gasteiger partial charge in [0.15, 0.2) is 0 Å². The third-order valence-electron chi connectivity index (χ3n) is 5.32. The van der Waals surface area contributed by atoms with E-state index in [0.717, 1.165) is 16.5 Å². The molecule has 0 fully saturated rings. The van der Waals surface area contributed by atoms with E-state index in [-0.39, 0.29) is 23.0 Å². The van der Waals surface area contributed by atoms with Gasteiger partial charge in [-0.2, -0.15) is 0 Å². The highest BCUT2D eigenvalue weighted by atomic mass is 32.2. The summed E-state index contributed by atoms with van der Waals surface area (Å²) in [4.78, 5) is 12.6. The van der Waals surface area contributed by atoms with Gasteiger partial charge in [-0.15, -0.1) is 0 Å². The summed E-state index contributed by atoms with van der Waals surface area (Å²) in [5, 5.41) is 3.62. The predicted octanol–water partition coefficient (Wildman–Crippen LogP) is 5.13. The molecule has 0 aliphatic carbocycles. The zero-order valence-corrected chi connectivity index (χ0v) is 20.4. The van der Waals surface area contributed by atoms with Crippen LogP contribution in [0.3, 0.4) is 0 Å². The van der Waals surface area contributed by atoms with Crippen LogP contribution in [0.25, 0.3) is 11.0 Å². The van der Waals surface area contributed by atoms with Crippen LogP contribution in [-0.4, -0.2) is 28.0 Å². The first kappa shape index (κ1) is 24.2. The van der Waals surface area contributed by atoms with E-state index < -0.39 is 10.0 Å². The quantitative estimate of drug-likeness (QED) is 0.334. The highest BCUT2D eigenvalue weighted by molar-refractivity contribution is 7.92. The number of methoxy groups -OCH3 is 1. The number of amides is 1. The van der Waals surface area contributed by atoms with Crippen LogP contribution in [0, 0.1) is 6.92 Å². The Morgan fingerprint density at radius 3 is 2.46 bits per heavy atom. The summed E-state index contributed by atoms with van der Waals surface area (Å²) in [6.07, 6.45) is 1.64. The number of anilines is 2. The zero-order valence-electron chi connectivity index (χ0n) is 19.6. The largest absolute Gasteiger partial charge is 0.495 e. The van der Waals surface area contributed by atoms with E-state index in [1.54, 1.807) is 36.6 Å². The number of sulfonamides is 1. The van der Waals surface area contributed by atoms with Gasteiger partial charge in [-0.3, -0.25) is 9.52 Å². The van der Waals surface area contributed by atoms with Gasteiger partial charge < -0.3 is 19.2 Å². The fourth-order valence-electron chi connectivity index (χ4n) is 3.67. The molecule has 1 heterocycles. The monoisotopic (exact) mass is 494 g/mol. The molecule has 1 amide bonds. The average molecular weight is 495 g/mol. The highest BCUT2D eigenvalue weighted by Crippen LogP contribution is 2.30. The summed E-state index contributed by atoms with van der Waals surface area (Å²) in [5.74, 6) is 0.483. The second-order valence-corrected chi connectivity index (χ2v) is 9.56. The van der Waals surface area contributed by atoms with Gasteiger partial charge in [0, 0.05) is 22.3 Å². The number of carbonyl (C=O) groups excluding carboxylic acids is 1. The summed E-state index contributed by atoms with van der Waals surface area (Å²) in [6.45, 7) is 4.35. The maximum Gasteiger partial charge on any atom is 0.265 e. The summed E-state index contributed by atoms with van der Waals surface area (Å²) in [7, 11) is -2.62. The molecule has 182 valence electrons. The van der Waals surface area contributed by atoms with Crippen molar-refractivity contribution in [1.29, 1.82) is 0 Å². The number of hydrogen-bond donors (Lipinski definition) is 2. The molecule has 0 unspecified atom stereocenters. The number of aryl methyl sites for hydroxylation is 1. The standard InChI is InChI=1S/C26H26N2O6S/c1-4-33-21-9-6-19(7-10-21)28-35(30,31)25-15-20(8-12-23(25)32-3)27-26(29)14-18-16-34-24-13-17(2)5-11-22(18)24/h5-13,15-16,28H,4,14H2,1-3H3,(H,27,29). The number of furan rings is 1. The smallest absolute Gasteiger partial charge is 0.265 e. The van der Waals surface area contributed by atoms with E-state index in [1.165, 1.54) is 19.2 Å². The highest BCUT2D eigenvalue weighted by Gasteiger charge is 2.21. The molecule has 0 radical (unpaired) electrons. The Morgan fingerprint density at radius 2 is 1.74 bits per heavy atom. The number of ether oxygens (including phenoxy) is 2. The van der Waals surface area contributed by atoms with Gasteiger partial charge in [0.1, 0.15) is 22.0 Å². The van der Waals surface area contributed by atoms with E-state index in [0.29, 0.717) is 29.3 Å². The summed E-state index contributed by atoms with van der Waals surface area (Å²) >= 11 is 0. The van der Waals surface area contributed by atoms with Crippen LogP contribution >= 0.6 is 0 Å². The second kappa shape index (κ2) is 10.1. The van der Waals surface area contributed by atoms with Crippen LogP contribution in [0.15, 0.2) is 76.2 Å². The van der Waals surface area contributed by atoms with E-state index in [4.69, 9.17) is 13.9 Å². The van der Waals surface area contributed by atoms with Gasteiger partial charge in [-0.1, -0.05) is 12.1 Å². The lowest BCUT2D eigenvalue weighted by Crippen LogP contribution is -2.17. The molecule has 0 atom stereocenters. The Morgan fingerprint density at radius 1 is 1.00 bits per heavy atom. The third kappa shape index (κ3) is 5.58. The molecular formula is C26H26N2O6S. The van der Waals surface area contributed by atoms with Gasteiger partial charge in [0.2, 0.25) is 5.91 Å². The lowest BCUT2D eigenvalue weighted by atomic mass is 10.1. The number of hydrogen-bond acceptors (Lipinski definition) is 6. The van der Waals surface area contributed by atoms with Crippen LogP contribution in [0.4, 0.5) is 11.4 Å². The van der Waals surface area contributed by atoms with Crippen molar-refractivity contribution in [3.05, 3.63) is 78.1 Å². The molecular weight excluding hydrogens is 468 g/mol. The van der Waals surface area contributed by atoms with Crippen molar-refractivity contribution in [3.8, 4) is 11.5 Å². The molecule has 0 saturated heterocycles. The van der Waals surface area contributed by atoms with Crippen molar-refractivity contribution in [2.24, 2.45) is 0 Å². The molecule has 0 saturated carbocycles. The second-order valence-electron chi connectivity index (χ2n) is 7.91. The van der Waals surface area contributed by atoms with Crippen molar-refractivity contribution < 1.29 is 27.1 Å². The van der Waals surface area contributed by atoms with E-state index in [1.807, 2.05) is 32.0 Å². The molecule has 1 aromatic heterocycles. The van der Waals surface area contributed by atoms with E-state index in [2.05, 4.69) is 10.0 Å². The van der Waals surface area contributed by atoms with Crippen molar-refractivity contribution in [2.75, 3.05) is 23.8 Å². The van der Waals surface area contributed by atoms with E-state index >= 15 is 0 Å². The minimum Gasteiger partial charge on any atom is -0.495 e. The van der Waals surface area contributed by atoms with Gasteiger partial charge in [0.05, 0.1) is 26.4 Å². The van der Waals surface area contributed by atoms with Crippen LogP contribution in [-0.2, 0) is 21.2 Å². The summed E-state index contributed by atoms with van der Waals surface area (Å²) in [5.41, 5.74) is 3.22.